The van der Waals surface area contributed by atoms with E-state index in [1.807, 2.05) is 18.2 Å². The van der Waals surface area contributed by atoms with Gasteiger partial charge in [0.1, 0.15) is 0 Å². The number of amides is 2. The zero-order chi connectivity index (χ0) is 17.8. The first-order chi connectivity index (χ1) is 12.1. The Morgan fingerprint density at radius 2 is 1.96 bits per heavy atom. The van der Waals surface area contributed by atoms with Crippen LogP contribution in [0.25, 0.3) is 0 Å². The largest absolute Gasteiger partial charge is 0.448 e. The molecule has 1 aliphatic heterocycles. The second-order valence-electron chi connectivity index (χ2n) is 5.75. The fourth-order valence-corrected chi connectivity index (χ4v) is 2.75. The zero-order valence-electron chi connectivity index (χ0n) is 13.7. The summed E-state index contributed by atoms with van der Waals surface area (Å²) >= 11 is 0. The van der Waals surface area contributed by atoms with Crippen LogP contribution in [0.2, 0.25) is 0 Å². The Balaban J connectivity index is 1.64. The lowest BCUT2D eigenvalue weighted by Crippen LogP contribution is -2.41. The summed E-state index contributed by atoms with van der Waals surface area (Å²) in [5.74, 6) is -1.03. The van der Waals surface area contributed by atoms with Crippen LogP contribution in [0.1, 0.15) is 31.8 Å². The van der Waals surface area contributed by atoms with E-state index in [9.17, 15) is 14.4 Å². The molecule has 1 heterocycles. The van der Waals surface area contributed by atoms with Crippen molar-refractivity contribution in [3.63, 3.8) is 0 Å². The second kappa shape index (κ2) is 7.17. The summed E-state index contributed by atoms with van der Waals surface area (Å²) in [4.78, 5) is 36.0. The Labute approximate surface area is 145 Å². The molecule has 0 aromatic heterocycles. The van der Waals surface area contributed by atoms with Crippen molar-refractivity contribution in [2.75, 3.05) is 7.05 Å². The lowest BCUT2D eigenvalue weighted by molar-refractivity contribution is -0.130. The monoisotopic (exact) mass is 338 g/mol. The zero-order valence-corrected chi connectivity index (χ0v) is 13.7. The number of carbonyl (C=O) groups excluding carboxylic acids is 3. The van der Waals surface area contributed by atoms with Gasteiger partial charge >= 0.3 is 5.97 Å². The van der Waals surface area contributed by atoms with E-state index in [4.69, 9.17) is 4.74 Å². The molecule has 2 N–H and O–H groups in total. The molecule has 3 rings (SSSR count). The summed E-state index contributed by atoms with van der Waals surface area (Å²) in [6.45, 7) is 0.249. The molecular formula is C19H18N2O4. The Morgan fingerprint density at radius 3 is 2.76 bits per heavy atom. The summed E-state index contributed by atoms with van der Waals surface area (Å²) in [6.07, 6.45) is -0.490. The van der Waals surface area contributed by atoms with E-state index in [1.165, 1.54) is 0 Å². The maximum Gasteiger partial charge on any atom is 0.339 e. The number of rotatable bonds is 4. The standard InChI is InChI=1S/C19H18N2O4/c1-20-17(22)14-7-4-5-12(9-14)11-21-18(23)16-10-13-6-2-3-8-15(13)19(24)25-16/h2-9,16H,10-11H2,1H3,(H,20,22)(H,21,23). The van der Waals surface area contributed by atoms with Gasteiger partial charge in [-0.15, -0.1) is 0 Å². The van der Waals surface area contributed by atoms with Gasteiger partial charge < -0.3 is 15.4 Å². The van der Waals surface area contributed by atoms with E-state index in [2.05, 4.69) is 10.6 Å². The molecule has 0 fully saturated rings. The quantitative estimate of drug-likeness (QED) is 0.826. The van der Waals surface area contributed by atoms with Gasteiger partial charge in [-0.25, -0.2) is 4.79 Å². The van der Waals surface area contributed by atoms with E-state index in [1.54, 1.807) is 37.4 Å². The smallest absolute Gasteiger partial charge is 0.339 e. The van der Waals surface area contributed by atoms with Crippen molar-refractivity contribution in [2.45, 2.75) is 19.1 Å². The normalized spacial score (nSPS) is 15.7. The van der Waals surface area contributed by atoms with E-state index < -0.39 is 12.1 Å². The van der Waals surface area contributed by atoms with Crippen LogP contribution in [0, 0.1) is 0 Å². The van der Waals surface area contributed by atoms with Crippen molar-refractivity contribution in [2.24, 2.45) is 0 Å². The molecule has 6 nitrogen and oxygen atoms in total. The molecule has 1 unspecified atom stereocenters. The van der Waals surface area contributed by atoms with Gasteiger partial charge in [-0.2, -0.15) is 0 Å². The molecule has 0 saturated carbocycles. The third-order valence-corrected chi connectivity index (χ3v) is 4.07. The number of carbonyl (C=O) groups is 3. The summed E-state index contributed by atoms with van der Waals surface area (Å²) in [6, 6.07) is 14.1. The molecule has 2 aromatic rings. The van der Waals surface area contributed by atoms with Crippen molar-refractivity contribution in [1.82, 2.24) is 10.6 Å². The van der Waals surface area contributed by atoms with E-state index >= 15 is 0 Å². The molecular weight excluding hydrogens is 320 g/mol. The fourth-order valence-electron chi connectivity index (χ4n) is 2.75. The van der Waals surface area contributed by atoms with E-state index in [0.717, 1.165) is 11.1 Å². The van der Waals surface area contributed by atoms with Gasteiger partial charge in [0.05, 0.1) is 5.56 Å². The minimum Gasteiger partial charge on any atom is -0.448 e. The first-order valence-electron chi connectivity index (χ1n) is 7.96. The average molecular weight is 338 g/mol. The molecule has 2 aromatic carbocycles. The number of ether oxygens (including phenoxy) is 1. The molecule has 2 amide bonds. The summed E-state index contributed by atoms with van der Waals surface area (Å²) < 4.78 is 5.23. The van der Waals surface area contributed by atoms with Crippen LogP contribution in [-0.2, 0) is 22.5 Å². The molecule has 128 valence electrons. The van der Waals surface area contributed by atoms with Gasteiger partial charge in [0.15, 0.2) is 6.10 Å². The number of benzene rings is 2. The van der Waals surface area contributed by atoms with Crippen LogP contribution < -0.4 is 10.6 Å². The van der Waals surface area contributed by atoms with Gasteiger partial charge in [-0.05, 0) is 29.3 Å². The maximum atomic E-state index is 12.3. The number of esters is 1. The molecule has 25 heavy (non-hydrogen) atoms. The highest BCUT2D eigenvalue weighted by Gasteiger charge is 2.30. The lowest BCUT2D eigenvalue weighted by atomic mass is 9.98. The molecule has 1 aliphatic rings. The van der Waals surface area contributed by atoms with Crippen LogP contribution >= 0.6 is 0 Å². The number of nitrogens with one attached hydrogen (secondary N) is 2. The van der Waals surface area contributed by atoms with Crippen LogP contribution in [0.5, 0.6) is 0 Å². The highest BCUT2D eigenvalue weighted by Crippen LogP contribution is 2.20. The predicted molar refractivity (Wildman–Crippen MR) is 91.0 cm³/mol. The number of hydrogen-bond acceptors (Lipinski definition) is 4. The Morgan fingerprint density at radius 1 is 1.16 bits per heavy atom. The summed E-state index contributed by atoms with van der Waals surface area (Å²) in [7, 11) is 1.56. The van der Waals surface area contributed by atoms with Crippen molar-refractivity contribution in [1.29, 1.82) is 0 Å². The lowest BCUT2D eigenvalue weighted by Gasteiger charge is -2.23. The topological polar surface area (TPSA) is 84.5 Å². The summed E-state index contributed by atoms with van der Waals surface area (Å²) in [5.41, 5.74) is 2.62. The van der Waals surface area contributed by atoms with Crippen molar-refractivity contribution in [3.05, 3.63) is 70.8 Å². The number of fused-ring (bicyclic) bond motifs is 1. The van der Waals surface area contributed by atoms with Gasteiger partial charge in [0, 0.05) is 25.6 Å². The predicted octanol–water partition coefficient (Wildman–Crippen LogP) is 1.44. The molecule has 1 atom stereocenters. The second-order valence-corrected chi connectivity index (χ2v) is 5.75. The number of cyclic esters (lactones) is 1. The van der Waals surface area contributed by atoms with Gasteiger partial charge in [-0.3, -0.25) is 9.59 Å². The Bertz CT molecular complexity index is 832. The van der Waals surface area contributed by atoms with E-state index in [0.29, 0.717) is 17.5 Å². The highest BCUT2D eigenvalue weighted by molar-refractivity contribution is 5.96. The maximum absolute atomic E-state index is 12.3. The van der Waals surface area contributed by atoms with Crippen molar-refractivity contribution in [3.8, 4) is 0 Å². The number of hydrogen-bond donors (Lipinski definition) is 2. The van der Waals surface area contributed by atoms with Gasteiger partial charge in [0.2, 0.25) is 0 Å². The fraction of sp³-hybridized carbons (Fsp3) is 0.211. The van der Waals surface area contributed by atoms with Crippen molar-refractivity contribution < 1.29 is 19.1 Å². The van der Waals surface area contributed by atoms with Gasteiger partial charge in [-0.1, -0.05) is 30.3 Å². The Hall–Kier alpha value is -3.15. The minimum atomic E-state index is -0.843. The van der Waals surface area contributed by atoms with Crippen molar-refractivity contribution >= 4 is 17.8 Å². The molecule has 0 radical (unpaired) electrons. The third kappa shape index (κ3) is 3.68. The molecule has 0 saturated heterocycles. The van der Waals surface area contributed by atoms with Crippen LogP contribution in [0.3, 0.4) is 0 Å². The minimum absolute atomic E-state index is 0.189. The SMILES string of the molecule is CNC(=O)c1cccc(CNC(=O)C2Cc3ccccc3C(=O)O2)c1. The van der Waals surface area contributed by atoms with Crippen LogP contribution in [0.4, 0.5) is 0 Å². The Kier molecular flexibility index (Phi) is 4.79. The first kappa shape index (κ1) is 16.7. The molecule has 6 heteroatoms. The average Bonchev–Trinajstić information content (AvgIpc) is 2.65. The van der Waals surface area contributed by atoms with Gasteiger partial charge in [0.25, 0.3) is 11.8 Å². The molecule has 0 bridgehead atoms. The summed E-state index contributed by atoms with van der Waals surface area (Å²) in [5, 5.41) is 5.31. The third-order valence-electron chi connectivity index (χ3n) is 4.07. The molecule has 0 spiro atoms. The first-order valence-corrected chi connectivity index (χ1v) is 7.96. The van der Waals surface area contributed by atoms with Crippen LogP contribution in [-0.4, -0.2) is 30.9 Å². The molecule has 0 aliphatic carbocycles. The highest BCUT2D eigenvalue weighted by atomic mass is 16.5. The van der Waals surface area contributed by atoms with Crippen LogP contribution in [0.15, 0.2) is 48.5 Å². The van der Waals surface area contributed by atoms with E-state index in [-0.39, 0.29) is 18.4 Å².